The van der Waals surface area contributed by atoms with Gasteiger partial charge in [-0.05, 0) is 66.4 Å². The maximum Gasteiger partial charge on any atom is 0.307 e. The van der Waals surface area contributed by atoms with E-state index < -0.39 is 5.97 Å². The van der Waals surface area contributed by atoms with Crippen molar-refractivity contribution in [3.05, 3.63) is 112 Å². The van der Waals surface area contributed by atoms with Crippen LogP contribution in [-0.4, -0.2) is 30.4 Å². The zero-order valence-corrected chi connectivity index (χ0v) is 20.3. The SMILES string of the molecule is Cc1ccc2c(CC(=O)O)cn(-c3ccc(Cl)cc3Cc3c(C)cnn3Cc3ccccc3)c2n1. The molecule has 0 amide bonds. The van der Waals surface area contributed by atoms with Crippen molar-refractivity contribution in [3.63, 3.8) is 0 Å². The number of halogens is 1. The summed E-state index contributed by atoms with van der Waals surface area (Å²) in [6.07, 6.45) is 4.32. The molecule has 3 aromatic heterocycles. The van der Waals surface area contributed by atoms with E-state index in [9.17, 15) is 9.90 Å². The molecular weight excluding hydrogens is 460 g/mol. The van der Waals surface area contributed by atoms with Gasteiger partial charge in [-0.25, -0.2) is 4.98 Å². The Bertz CT molecular complexity index is 1540. The molecule has 0 saturated heterocycles. The predicted octanol–water partition coefficient (Wildman–Crippen LogP) is 5.76. The topological polar surface area (TPSA) is 72.9 Å². The maximum atomic E-state index is 11.5. The number of pyridine rings is 1. The molecule has 3 heterocycles. The van der Waals surface area contributed by atoms with Crippen molar-refractivity contribution >= 4 is 28.6 Å². The predicted molar refractivity (Wildman–Crippen MR) is 137 cm³/mol. The number of aliphatic carboxylic acids is 1. The third-order valence-electron chi connectivity index (χ3n) is 6.21. The quantitative estimate of drug-likeness (QED) is 0.319. The van der Waals surface area contributed by atoms with Crippen molar-refractivity contribution in [2.24, 2.45) is 0 Å². The minimum Gasteiger partial charge on any atom is -0.481 e. The average Bonchev–Trinajstić information content (AvgIpc) is 3.34. The van der Waals surface area contributed by atoms with E-state index in [0.717, 1.165) is 44.8 Å². The van der Waals surface area contributed by atoms with Crippen LogP contribution in [0.3, 0.4) is 0 Å². The Kier molecular flexibility index (Phi) is 6.14. The van der Waals surface area contributed by atoms with Gasteiger partial charge in [-0.2, -0.15) is 5.10 Å². The number of hydrogen-bond donors (Lipinski definition) is 1. The zero-order valence-electron chi connectivity index (χ0n) is 19.6. The van der Waals surface area contributed by atoms with Crippen LogP contribution in [0.2, 0.25) is 5.02 Å². The number of benzene rings is 2. The van der Waals surface area contributed by atoms with Crippen LogP contribution >= 0.6 is 11.6 Å². The minimum atomic E-state index is -0.874. The lowest BCUT2D eigenvalue weighted by molar-refractivity contribution is -0.136. The van der Waals surface area contributed by atoms with Crippen LogP contribution in [0.25, 0.3) is 16.7 Å². The number of rotatable bonds is 7. The van der Waals surface area contributed by atoms with Crippen LogP contribution in [0, 0.1) is 13.8 Å². The van der Waals surface area contributed by atoms with Crippen molar-refractivity contribution in [2.45, 2.75) is 33.2 Å². The number of nitrogens with zero attached hydrogens (tertiary/aromatic N) is 4. The largest absolute Gasteiger partial charge is 0.481 e. The first-order chi connectivity index (χ1) is 16.9. The molecular formula is C28H25ClN4O2. The Balaban J connectivity index is 1.61. The number of aryl methyl sites for hydroxylation is 2. The Hall–Kier alpha value is -3.90. The second-order valence-electron chi connectivity index (χ2n) is 8.79. The highest BCUT2D eigenvalue weighted by Gasteiger charge is 2.18. The Morgan fingerprint density at radius 1 is 1.03 bits per heavy atom. The molecule has 176 valence electrons. The number of carboxylic acids is 1. The van der Waals surface area contributed by atoms with E-state index in [-0.39, 0.29) is 6.42 Å². The molecule has 0 radical (unpaired) electrons. The number of fused-ring (bicyclic) bond motifs is 1. The van der Waals surface area contributed by atoms with E-state index in [2.05, 4.69) is 24.2 Å². The molecule has 0 saturated carbocycles. The van der Waals surface area contributed by atoms with Gasteiger partial charge in [0.15, 0.2) is 0 Å². The van der Waals surface area contributed by atoms with E-state index in [0.29, 0.717) is 18.0 Å². The first-order valence-electron chi connectivity index (χ1n) is 11.4. The average molecular weight is 485 g/mol. The van der Waals surface area contributed by atoms with Crippen LogP contribution < -0.4 is 0 Å². The third-order valence-corrected chi connectivity index (χ3v) is 6.44. The zero-order chi connectivity index (χ0) is 24.5. The van der Waals surface area contributed by atoms with Gasteiger partial charge in [0, 0.05) is 34.4 Å². The minimum absolute atomic E-state index is 0.0693. The van der Waals surface area contributed by atoms with E-state index in [1.54, 1.807) is 0 Å². The van der Waals surface area contributed by atoms with Crippen molar-refractivity contribution < 1.29 is 9.90 Å². The summed E-state index contributed by atoms with van der Waals surface area (Å²) in [5.41, 5.74) is 7.64. The van der Waals surface area contributed by atoms with E-state index in [4.69, 9.17) is 16.6 Å². The van der Waals surface area contributed by atoms with Gasteiger partial charge in [-0.3, -0.25) is 9.48 Å². The molecule has 0 fully saturated rings. The molecule has 5 rings (SSSR count). The van der Waals surface area contributed by atoms with Gasteiger partial charge in [-0.15, -0.1) is 0 Å². The number of carboxylic acid groups (broad SMARTS) is 1. The van der Waals surface area contributed by atoms with E-state index >= 15 is 0 Å². The van der Waals surface area contributed by atoms with Crippen LogP contribution in [-0.2, 0) is 24.2 Å². The summed E-state index contributed by atoms with van der Waals surface area (Å²) in [5, 5.41) is 15.6. The lowest BCUT2D eigenvalue weighted by Gasteiger charge is -2.15. The molecule has 0 aliphatic heterocycles. The van der Waals surface area contributed by atoms with E-state index in [1.807, 2.05) is 77.1 Å². The highest BCUT2D eigenvalue weighted by molar-refractivity contribution is 6.30. The van der Waals surface area contributed by atoms with Gasteiger partial charge in [0.25, 0.3) is 0 Å². The maximum absolute atomic E-state index is 11.5. The lowest BCUT2D eigenvalue weighted by Crippen LogP contribution is -2.09. The summed E-state index contributed by atoms with van der Waals surface area (Å²) in [6, 6.07) is 19.9. The fourth-order valence-corrected chi connectivity index (χ4v) is 4.68. The fraction of sp³-hybridized carbons (Fsp3) is 0.179. The van der Waals surface area contributed by atoms with Gasteiger partial charge in [0.05, 0.1) is 24.8 Å². The third kappa shape index (κ3) is 4.70. The Morgan fingerprint density at radius 3 is 2.60 bits per heavy atom. The molecule has 35 heavy (non-hydrogen) atoms. The van der Waals surface area contributed by atoms with Crippen LogP contribution in [0.4, 0.5) is 0 Å². The van der Waals surface area contributed by atoms with Crippen molar-refractivity contribution in [1.82, 2.24) is 19.3 Å². The molecule has 0 bridgehead atoms. The lowest BCUT2D eigenvalue weighted by atomic mass is 10.0. The molecule has 0 aliphatic rings. The van der Waals surface area contributed by atoms with Crippen molar-refractivity contribution in [1.29, 1.82) is 0 Å². The molecule has 0 aliphatic carbocycles. The highest BCUT2D eigenvalue weighted by Crippen LogP contribution is 2.30. The molecule has 7 heteroatoms. The normalized spacial score (nSPS) is 11.3. The standard InChI is InChI=1S/C28H25ClN4O2/c1-18-15-30-33(16-20-6-4-3-5-7-20)26(18)13-21-12-23(29)9-11-25(21)32-17-22(14-27(34)35)24-10-8-19(2)31-28(24)32/h3-12,15,17H,13-14,16H2,1-2H3,(H,34,35). The van der Waals surface area contributed by atoms with Crippen molar-refractivity contribution in [2.75, 3.05) is 0 Å². The Morgan fingerprint density at radius 2 is 1.83 bits per heavy atom. The monoisotopic (exact) mass is 484 g/mol. The summed E-state index contributed by atoms with van der Waals surface area (Å²) < 4.78 is 4.01. The molecule has 0 unspecified atom stereocenters. The van der Waals surface area contributed by atoms with Gasteiger partial charge in [-0.1, -0.05) is 41.9 Å². The second-order valence-corrected chi connectivity index (χ2v) is 9.22. The first-order valence-corrected chi connectivity index (χ1v) is 11.8. The van der Waals surface area contributed by atoms with Gasteiger partial charge in [0.1, 0.15) is 5.65 Å². The second kappa shape index (κ2) is 9.39. The molecule has 1 N–H and O–H groups in total. The van der Waals surface area contributed by atoms with Gasteiger partial charge >= 0.3 is 5.97 Å². The molecule has 5 aromatic rings. The smallest absolute Gasteiger partial charge is 0.307 e. The van der Waals surface area contributed by atoms with E-state index in [1.165, 1.54) is 5.56 Å². The summed E-state index contributed by atoms with van der Waals surface area (Å²) in [6.45, 7) is 4.67. The highest BCUT2D eigenvalue weighted by atomic mass is 35.5. The van der Waals surface area contributed by atoms with Gasteiger partial charge < -0.3 is 9.67 Å². The van der Waals surface area contributed by atoms with Crippen LogP contribution in [0.15, 0.2) is 73.1 Å². The van der Waals surface area contributed by atoms with Crippen LogP contribution in [0.1, 0.15) is 33.6 Å². The summed E-state index contributed by atoms with van der Waals surface area (Å²) in [4.78, 5) is 16.3. The number of aromatic nitrogens is 4. The summed E-state index contributed by atoms with van der Waals surface area (Å²) in [7, 11) is 0. The number of hydrogen-bond acceptors (Lipinski definition) is 3. The molecule has 0 atom stereocenters. The Labute approximate surface area is 208 Å². The first kappa shape index (κ1) is 22.9. The fourth-order valence-electron chi connectivity index (χ4n) is 4.49. The number of carbonyl (C=O) groups is 1. The summed E-state index contributed by atoms with van der Waals surface area (Å²) >= 11 is 6.45. The molecule has 0 spiro atoms. The summed E-state index contributed by atoms with van der Waals surface area (Å²) in [5.74, 6) is -0.874. The van der Waals surface area contributed by atoms with Crippen molar-refractivity contribution in [3.8, 4) is 5.69 Å². The molecule has 2 aromatic carbocycles. The molecule has 6 nitrogen and oxygen atoms in total. The van der Waals surface area contributed by atoms with Crippen LogP contribution in [0.5, 0.6) is 0 Å². The van der Waals surface area contributed by atoms with Gasteiger partial charge in [0.2, 0.25) is 0 Å².